The number of halogens is 1. The molecule has 0 saturated carbocycles. The van der Waals surface area contributed by atoms with Crippen LogP contribution in [0.4, 0.5) is 5.69 Å². The molecule has 0 aliphatic rings. The van der Waals surface area contributed by atoms with E-state index in [1.807, 2.05) is 49.3 Å². The Morgan fingerprint density at radius 3 is 2.66 bits per heavy atom. The van der Waals surface area contributed by atoms with Gasteiger partial charge in [-0.15, -0.1) is 0 Å². The molecule has 0 aliphatic carbocycles. The zero-order valence-corrected chi connectivity index (χ0v) is 17.2. The average Bonchev–Trinajstić information content (AvgIpc) is 3.05. The van der Waals surface area contributed by atoms with Gasteiger partial charge in [0.1, 0.15) is 5.75 Å². The van der Waals surface area contributed by atoms with Crippen LogP contribution in [0.1, 0.15) is 5.56 Å². The largest absolute Gasteiger partial charge is 0.495 e. The quantitative estimate of drug-likeness (QED) is 0.519. The van der Waals surface area contributed by atoms with Gasteiger partial charge in [-0.3, -0.25) is 4.79 Å². The van der Waals surface area contributed by atoms with Crippen LogP contribution in [0.2, 0.25) is 5.02 Å². The summed E-state index contributed by atoms with van der Waals surface area (Å²) in [5, 5.41) is 1.48. The molecule has 0 radical (unpaired) electrons. The van der Waals surface area contributed by atoms with E-state index >= 15 is 0 Å². The number of nitrogens with one attached hydrogen (secondary N) is 1. The van der Waals surface area contributed by atoms with Crippen LogP contribution in [0, 0.1) is 0 Å². The molecule has 0 fully saturated rings. The smallest absolute Gasteiger partial charge is 0.221 e. The highest BCUT2D eigenvalue weighted by molar-refractivity contribution is 6.32. The molecule has 0 bridgehead atoms. The number of benzene rings is 2. The van der Waals surface area contributed by atoms with Crippen LogP contribution < -0.4 is 15.4 Å². The summed E-state index contributed by atoms with van der Waals surface area (Å²) in [4.78, 5) is 22.0. The molecule has 0 unspecified atom stereocenters. The lowest BCUT2D eigenvalue weighted by molar-refractivity contribution is -0.117. The van der Waals surface area contributed by atoms with Crippen molar-refractivity contribution in [1.82, 2.24) is 9.97 Å². The van der Waals surface area contributed by atoms with Crippen LogP contribution in [0.25, 0.3) is 33.2 Å². The van der Waals surface area contributed by atoms with Gasteiger partial charge in [-0.05, 0) is 48.0 Å². The number of nitrogens with zero attached hydrogens (tertiary/aromatic N) is 2. The lowest BCUT2D eigenvalue weighted by Gasteiger charge is -2.11. The van der Waals surface area contributed by atoms with Gasteiger partial charge < -0.3 is 20.4 Å². The van der Waals surface area contributed by atoms with E-state index in [4.69, 9.17) is 27.1 Å². The van der Waals surface area contributed by atoms with Crippen molar-refractivity contribution in [3.63, 3.8) is 0 Å². The molecule has 0 aliphatic heterocycles. The van der Waals surface area contributed by atoms with Crippen LogP contribution in [0.3, 0.4) is 0 Å². The maximum Gasteiger partial charge on any atom is 0.221 e. The number of pyridine rings is 1. The van der Waals surface area contributed by atoms with E-state index in [2.05, 4.69) is 11.1 Å². The van der Waals surface area contributed by atoms with Crippen molar-refractivity contribution in [1.29, 1.82) is 0 Å². The summed E-state index contributed by atoms with van der Waals surface area (Å²) >= 11 is 6.31. The van der Waals surface area contributed by atoms with Crippen molar-refractivity contribution in [2.24, 2.45) is 5.73 Å². The summed E-state index contributed by atoms with van der Waals surface area (Å²) in [6.07, 6.45) is 0.114. The van der Waals surface area contributed by atoms with Crippen LogP contribution in [-0.2, 0) is 11.2 Å². The molecule has 0 saturated heterocycles. The zero-order chi connectivity index (χ0) is 20.7. The van der Waals surface area contributed by atoms with Crippen LogP contribution in [-0.4, -0.2) is 37.1 Å². The van der Waals surface area contributed by atoms with Crippen molar-refractivity contribution < 1.29 is 9.53 Å². The third-order valence-electron chi connectivity index (χ3n) is 4.95. The topological polar surface area (TPSA) is 84.2 Å². The summed E-state index contributed by atoms with van der Waals surface area (Å²) < 4.78 is 5.24. The number of anilines is 1. The van der Waals surface area contributed by atoms with Crippen LogP contribution >= 0.6 is 11.6 Å². The van der Waals surface area contributed by atoms with Gasteiger partial charge in [0.2, 0.25) is 5.91 Å². The zero-order valence-electron chi connectivity index (χ0n) is 16.4. The fourth-order valence-corrected chi connectivity index (χ4v) is 3.75. The number of H-pyrrole nitrogens is 1. The highest BCUT2D eigenvalue weighted by Crippen LogP contribution is 2.34. The van der Waals surface area contributed by atoms with Crippen LogP contribution in [0.5, 0.6) is 5.75 Å². The fraction of sp³-hybridized carbons (Fsp3) is 0.182. The van der Waals surface area contributed by atoms with E-state index in [0.29, 0.717) is 10.8 Å². The number of aromatic amines is 1. The van der Waals surface area contributed by atoms with E-state index in [1.165, 1.54) is 0 Å². The molecule has 7 heteroatoms. The highest BCUT2D eigenvalue weighted by atomic mass is 35.5. The minimum atomic E-state index is -0.399. The van der Waals surface area contributed by atoms with E-state index in [0.717, 1.165) is 44.4 Å². The number of nitrogens with two attached hydrogens (primary N) is 1. The third-order valence-corrected chi connectivity index (χ3v) is 5.24. The molecular formula is C22H21ClN4O2. The van der Waals surface area contributed by atoms with Crippen molar-refractivity contribution in [2.75, 3.05) is 26.1 Å². The van der Waals surface area contributed by atoms with Gasteiger partial charge in [-0.25, -0.2) is 4.98 Å². The maximum atomic E-state index is 11.7. The van der Waals surface area contributed by atoms with Crippen molar-refractivity contribution >= 4 is 45.1 Å². The molecule has 6 nitrogen and oxygen atoms in total. The maximum absolute atomic E-state index is 11.7. The van der Waals surface area contributed by atoms with Crippen molar-refractivity contribution in [2.45, 2.75) is 6.42 Å². The number of fused-ring (bicyclic) bond motifs is 3. The number of ether oxygens (including phenoxy) is 1. The molecule has 2 aromatic carbocycles. The summed E-state index contributed by atoms with van der Waals surface area (Å²) in [7, 11) is 5.56. The molecule has 2 heterocycles. The normalized spacial score (nSPS) is 11.2. The number of rotatable bonds is 5. The summed E-state index contributed by atoms with van der Waals surface area (Å²) in [6.45, 7) is 0. The average molecular weight is 409 g/mol. The Labute approximate surface area is 173 Å². The Morgan fingerprint density at radius 1 is 1.21 bits per heavy atom. The molecule has 3 N–H and O–H groups in total. The highest BCUT2D eigenvalue weighted by Gasteiger charge is 2.16. The Balaban J connectivity index is 1.97. The Kier molecular flexibility index (Phi) is 4.80. The number of hydrogen-bond acceptors (Lipinski definition) is 4. The summed E-state index contributed by atoms with van der Waals surface area (Å²) in [6, 6.07) is 13.5. The minimum absolute atomic E-state index is 0.114. The number of primary amides is 1. The fourth-order valence-electron chi connectivity index (χ4n) is 3.49. The first-order valence-electron chi connectivity index (χ1n) is 9.12. The Bertz CT molecular complexity index is 1250. The number of amides is 1. The first-order chi connectivity index (χ1) is 13.9. The van der Waals surface area contributed by atoms with Crippen molar-refractivity contribution in [3.05, 3.63) is 53.1 Å². The second kappa shape index (κ2) is 7.29. The SMILES string of the molecule is COc1ccc(-c2cc(CC(N)=O)c3[nH]c4cc(N(C)C)ccc4c3n2)cc1Cl. The standard InChI is InChI=1S/C22H21ClN4O2/c1-27(2)14-5-6-15-18(11-14)26-21-13(10-20(24)28)9-17(25-22(15)21)12-4-7-19(29-3)16(23)8-12/h4-9,11,26H,10H2,1-3H3,(H2,24,28). The molecule has 29 heavy (non-hydrogen) atoms. The second-order valence-electron chi connectivity index (χ2n) is 7.13. The predicted octanol–water partition coefficient (Wildman–Crippen LogP) is 4.14. The predicted molar refractivity (Wildman–Crippen MR) is 118 cm³/mol. The number of carbonyl (C=O) groups excluding carboxylic acids is 1. The van der Waals surface area contributed by atoms with Gasteiger partial charge in [0.05, 0.1) is 40.8 Å². The first kappa shape index (κ1) is 19.1. The minimum Gasteiger partial charge on any atom is -0.495 e. The molecular weight excluding hydrogens is 388 g/mol. The third kappa shape index (κ3) is 3.47. The molecule has 4 rings (SSSR count). The van der Waals surface area contributed by atoms with Gasteiger partial charge >= 0.3 is 0 Å². The molecule has 0 spiro atoms. The van der Waals surface area contributed by atoms with Crippen LogP contribution in [0.15, 0.2) is 42.5 Å². The van der Waals surface area contributed by atoms with E-state index in [1.54, 1.807) is 13.2 Å². The molecule has 1 amide bonds. The van der Waals surface area contributed by atoms with Gasteiger partial charge in [0, 0.05) is 30.7 Å². The van der Waals surface area contributed by atoms with Crippen molar-refractivity contribution in [3.8, 4) is 17.0 Å². The van der Waals surface area contributed by atoms with Gasteiger partial charge in [0.15, 0.2) is 0 Å². The van der Waals surface area contributed by atoms with Gasteiger partial charge in [0.25, 0.3) is 0 Å². The number of aromatic nitrogens is 2. The Morgan fingerprint density at radius 2 is 2.00 bits per heavy atom. The van der Waals surface area contributed by atoms with E-state index < -0.39 is 5.91 Å². The number of carbonyl (C=O) groups is 1. The molecule has 4 aromatic rings. The number of methoxy groups -OCH3 is 1. The number of hydrogen-bond donors (Lipinski definition) is 2. The monoisotopic (exact) mass is 408 g/mol. The lowest BCUT2D eigenvalue weighted by Crippen LogP contribution is -2.14. The lowest BCUT2D eigenvalue weighted by atomic mass is 10.0. The first-order valence-corrected chi connectivity index (χ1v) is 9.50. The van der Waals surface area contributed by atoms with Gasteiger partial charge in [-0.2, -0.15) is 0 Å². The van der Waals surface area contributed by atoms with Gasteiger partial charge in [-0.1, -0.05) is 11.6 Å². The van der Waals surface area contributed by atoms with E-state index in [-0.39, 0.29) is 6.42 Å². The molecule has 148 valence electrons. The van der Waals surface area contributed by atoms with E-state index in [9.17, 15) is 4.79 Å². The second-order valence-corrected chi connectivity index (χ2v) is 7.54. The summed E-state index contributed by atoms with van der Waals surface area (Å²) in [5.74, 6) is 0.195. The molecule has 2 aromatic heterocycles. The molecule has 0 atom stereocenters. The summed E-state index contributed by atoms with van der Waals surface area (Å²) in [5.41, 5.74) is 11.5. The Hall–Kier alpha value is -3.25.